The summed E-state index contributed by atoms with van der Waals surface area (Å²) in [5, 5.41) is 3.54. The first-order valence-corrected chi connectivity index (χ1v) is 8.91. The van der Waals surface area contributed by atoms with Crippen molar-refractivity contribution in [1.82, 2.24) is 4.57 Å². The lowest BCUT2D eigenvalue weighted by atomic mass is 9.95. The third kappa shape index (κ3) is 4.11. The predicted octanol–water partition coefficient (Wildman–Crippen LogP) is 2.86. The first kappa shape index (κ1) is 17.7. The van der Waals surface area contributed by atoms with Crippen molar-refractivity contribution in [1.29, 1.82) is 0 Å². The van der Waals surface area contributed by atoms with Gasteiger partial charge in [0.2, 0.25) is 5.91 Å². The Hall–Kier alpha value is -2.11. The van der Waals surface area contributed by atoms with Crippen LogP contribution in [0.5, 0.6) is 0 Å². The van der Waals surface area contributed by atoms with Crippen LogP contribution in [-0.4, -0.2) is 17.0 Å². The summed E-state index contributed by atoms with van der Waals surface area (Å²) in [7, 11) is 0. The Morgan fingerprint density at radius 1 is 1.24 bits per heavy atom. The molecule has 2 atom stereocenters. The summed E-state index contributed by atoms with van der Waals surface area (Å²) >= 11 is 6.17. The quantitative estimate of drug-likeness (QED) is 0.861. The molecule has 132 valence electrons. The van der Waals surface area contributed by atoms with Gasteiger partial charge in [0.25, 0.3) is 5.56 Å². The van der Waals surface area contributed by atoms with Crippen molar-refractivity contribution < 1.29 is 4.79 Å². The van der Waals surface area contributed by atoms with Crippen LogP contribution in [0.15, 0.2) is 47.4 Å². The van der Waals surface area contributed by atoms with Gasteiger partial charge in [-0.1, -0.05) is 36.2 Å². The van der Waals surface area contributed by atoms with Gasteiger partial charge in [-0.25, -0.2) is 0 Å². The first-order chi connectivity index (χ1) is 12.1. The number of aromatic nitrogens is 1. The second-order valence-corrected chi connectivity index (χ2v) is 6.90. The minimum atomic E-state index is -0.140. The molecule has 6 heteroatoms. The molecular weight excluding hydrogens is 338 g/mol. The molecule has 5 nitrogen and oxygen atoms in total. The minimum absolute atomic E-state index is 0.0177. The molecule has 1 aliphatic rings. The van der Waals surface area contributed by atoms with Crippen LogP contribution in [0.1, 0.15) is 24.8 Å². The lowest BCUT2D eigenvalue weighted by Gasteiger charge is -2.18. The van der Waals surface area contributed by atoms with E-state index in [1.165, 1.54) is 6.07 Å². The Balaban J connectivity index is 1.76. The first-order valence-electron chi connectivity index (χ1n) is 8.53. The van der Waals surface area contributed by atoms with Gasteiger partial charge in [0.05, 0.1) is 12.2 Å². The molecule has 1 fully saturated rings. The minimum Gasteiger partial charge on any atom is -0.330 e. The summed E-state index contributed by atoms with van der Waals surface area (Å²) < 4.78 is 1.55. The monoisotopic (exact) mass is 359 g/mol. The molecule has 3 rings (SSSR count). The lowest BCUT2D eigenvalue weighted by Crippen LogP contribution is -2.30. The molecule has 0 unspecified atom stereocenters. The number of amides is 1. The van der Waals surface area contributed by atoms with Crippen LogP contribution in [0, 0.1) is 11.8 Å². The lowest BCUT2D eigenvalue weighted by molar-refractivity contribution is -0.120. The fourth-order valence-corrected chi connectivity index (χ4v) is 3.63. The van der Waals surface area contributed by atoms with E-state index < -0.39 is 0 Å². The average Bonchev–Trinajstić information content (AvgIpc) is 3.08. The standard InChI is InChI=1S/C19H22ClN3O2/c20-17-7-2-1-4-14(17)11-23-12-15(8-9-18(23)24)22-19(25)16-6-3-5-13(16)10-21/h1-2,4,7-9,12-13,16H,3,5-6,10-11,21H2,(H,22,25)/t13-,16-/m1/s1. The van der Waals surface area contributed by atoms with E-state index >= 15 is 0 Å². The van der Waals surface area contributed by atoms with Gasteiger partial charge in [-0.3, -0.25) is 9.59 Å². The Kier molecular flexibility index (Phi) is 5.56. The maximum Gasteiger partial charge on any atom is 0.250 e. The number of nitrogens with zero attached hydrogens (tertiary/aromatic N) is 1. The van der Waals surface area contributed by atoms with E-state index in [2.05, 4.69) is 5.32 Å². The van der Waals surface area contributed by atoms with Gasteiger partial charge >= 0.3 is 0 Å². The number of anilines is 1. The zero-order chi connectivity index (χ0) is 17.8. The van der Waals surface area contributed by atoms with Crippen molar-refractivity contribution in [3.63, 3.8) is 0 Å². The predicted molar refractivity (Wildman–Crippen MR) is 99.8 cm³/mol. The Morgan fingerprint density at radius 2 is 2.04 bits per heavy atom. The summed E-state index contributed by atoms with van der Waals surface area (Å²) in [5.74, 6) is 0.180. The molecule has 1 aromatic carbocycles. The molecule has 0 spiro atoms. The normalized spacial score (nSPS) is 19.8. The number of carbonyl (C=O) groups is 1. The van der Waals surface area contributed by atoms with Gasteiger partial charge in [-0.2, -0.15) is 0 Å². The zero-order valence-corrected chi connectivity index (χ0v) is 14.7. The summed E-state index contributed by atoms with van der Waals surface area (Å²) in [6, 6.07) is 10.5. The molecule has 1 amide bonds. The molecular formula is C19H22ClN3O2. The highest BCUT2D eigenvalue weighted by Gasteiger charge is 2.31. The third-order valence-electron chi connectivity index (χ3n) is 4.85. The molecule has 1 heterocycles. The number of halogens is 1. The number of rotatable bonds is 5. The number of benzene rings is 1. The molecule has 0 saturated heterocycles. The van der Waals surface area contributed by atoms with Crippen molar-refractivity contribution >= 4 is 23.2 Å². The summed E-state index contributed by atoms with van der Waals surface area (Å²) in [5.41, 5.74) is 7.09. The van der Waals surface area contributed by atoms with E-state index in [9.17, 15) is 9.59 Å². The van der Waals surface area contributed by atoms with E-state index in [0.29, 0.717) is 23.8 Å². The number of hydrogen-bond acceptors (Lipinski definition) is 3. The highest BCUT2D eigenvalue weighted by atomic mass is 35.5. The maximum absolute atomic E-state index is 12.5. The maximum atomic E-state index is 12.5. The topological polar surface area (TPSA) is 77.1 Å². The molecule has 25 heavy (non-hydrogen) atoms. The highest BCUT2D eigenvalue weighted by molar-refractivity contribution is 6.31. The Bertz CT molecular complexity index is 818. The van der Waals surface area contributed by atoms with Crippen LogP contribution in [0.2, 0.25) is 5.02 Å². The average molecular weight is 360 g/mol. The summed E-state index contributed by atoms with van der Waals surface area (Å²) in [6.45, 7) is 0.890. The van der Waals surface area contributed by atoms with Gasteiger partial charge in [-0.05, 0) is 43.0 Å². The third-order valence-corrected chi connectivity index (χ3v) is 5.22. The van der Waals surface area contributed by atoms with Crippen LogP contribution in [0.3, 0.4) is 0 Å². The molecule has 0 radical (unpaired) electrons. The summed E-state index contributed by atoms with van der Waals surface area (Å²) in [4.78, 5) is 24.6. The Morgan fingerprint density at radius 3 is 2.80 bits per heavy atom. The van der Waals surface area contributed by atoms with E-state index in [1.54, 1.807) is 22.9 Å². The molecule has 1 saturated carbocycles. The van der Waals surface area contributed by atoms with Crippen molar-refractivity contribution in [3.05, 3.63) is 63.5 Å². The number of pyridine rings is 1. The van der Waals surface area contributed by atoms with Crippen LogP contribution in [0.4, 0.5) is 5.69 Å². The molecule has 2 aromatic rings. The SMILES string of the molecule is NC[C@H]1CCC[C@H]1C(=O)Nc1ccc(=O)n(Cc2ccccc2Cl)c1. The van der Waals surface area contributed by atoms with Crippen molar-refractivity contribution in [3.8, 4) is 0 Å². The molecule has 0 bridgehead atoms. The fraction of sp³-hybridized carbons (Fsp3) is 0.368. The molecule has 3 N–H and O–H groups in total. The van der Waals surface area contributed by atoms with Gasteiger partial charge in [0.1, 0.15) is 0 Å². The van der Waals surface area contributed by atoms with Crippen LogP contribution < -0.4 is 16.6 Å². The smallest absolute Gasteiger partial charge is 0.250 e. The van der Waals surface area contributed by atoms with Crippen molar-refractivity contribution in [2.24, 2.45) is 17.6 Å². The zero-order valence-electron chi connectivity index (χ0n) is 14.0. The highest BCUT2D eigenvalue weighted by Crippen LogP contribution is 2.31. The van der Waals surface area contributed by atoms with Gasteiger partial charge in [0, 0.05) is 23.2 Å². The molecule has 0 aliphatic heterocycles. The van der Waals surface area contributed by atoms with Gasteiger partial charge in [0.15, 0.2) is 0 Å². The molecule has 1 aromatic heterocycles. The van der Waals surface area contributed by atoms with Crippen LogP contribution >= 0.6 is 11.6 Å². The van der Waals surface area contributed by atoms with E-state index in [1.807, 2.05) is 18.2 Å². The Labute approximate surface area is 151 Å². The van der Waals surface area contributed by atoms with Gasteiger partial charge < -0.3 is 15.6 Å². The number of nitrogens with one attached hydrogen (secondary N) is 1. The second kappa shape index (κ2) is 7.85. The van der Waals surface area contributed by atoms with E-state index in [4.69, 9.17) is 17.3 Å². The van der Waals surface area contributed by atoms with E-state index in [-0.39, 0.29) is 23.3 Å². The summed E-state index contributed by atoms with van der Waals surface area (Å²) in [6.07, 6.45) is 4.56. The van der Waals surface area contributed by atoms with Gasteiger partial charge in [-0.15, -0.1) is 0 Å². The van der Waals surface area contributed by atoms with Crippen molar-refractivity contribution in [2.45, 2.75) is 25.8 Å². The number of carbonyl (C=O) groups excluding carboxylic acids is 1. The van der Waals surface area contributed by atoms with Crippen molar-refractivity contribution in [2.75, 3.05) is 11.9 Å². The van der Waals surface area contributed by atoms with Crippen LogP contribution in [0.25, 0.3) is 0 Å². The number of nitrogens with two attached hydrogens (primary N) is 1. The molecule has 1 aliphatic carbocycles. The fourth-order valence-electron chi connectivity index (χ4n) is 3.44. The second-order valence-electron chi connectivity index (χ2n) is 6.50. The largest absolute Gasteiger partial charge is 0.330 e. The van der Waals surface area contributed by atoms with E-state index in [0.717, 1.165) is 24.8 Å². The number of hydrogen-bond donors (Lipinski definition) is 2. The van der Waals surface area contributed by atoms with Crippen LogP contribution in [-0.2, 0) is 11.3 Å².